The molecule has 7 rings (SSSR count). The Labute approximate surface area is 206 Å². The van der Waals surface area contributed by atoms with Crippen molar-refractivity contribution in [2.75, 3.05) is 45.2 Å². The second kappa shape index (κ2) is 8.47. The lowest BCUT2D eigenvalue weighted by Crippen LogP contribution is -2.79. The Hall–Kier alpha value is -1.14. The summed E-state index contributed by atoms with van der Waals surface area (Å²) in [5, 5.41) is 8.25. The second-order valence-corrected chi connectivity index (χ2v) is 12.5. The molecule has 0 radical (unpaired) electrons. The van der Waals surface area contributed by atoms with Crippen molar-refractivity contribution in [1.82, 2.24) is 20.4 Å². The fourth-order valence-corrected chi connectivity index (χ4v) is 10.6. The highest BCUT2D eigenvalue weighted by molar-refractivity contribution is 5.50. The van der Waals surface area contributed by atoms with Crippen molar-refractivity contribution in [3.63, 3.8) is 0 Å². The van der Waals surface area contributed by atoms with E-state index < -0.39 is 0 Å². The van der Waals surface area contributed by atoms with Crippen LogP contribution in [0.25, 0.3) is 0 Å². The monoisotopic (exact) mass is 463 g/mol. The molecule has 5 aliphatic heterocycles. The molecule has 6 aliphatic rings. The summed E-state index contributed by atoms with van der Waals surface area (Å²) < 4.78 is 0. The minimum absolute atomic E-state index is 0.376. The summed E-state index contributed by atoms with van der Waals surface area (Å²) in [5.41, 5.74) is 1.78. The van der Waals surface area contributed by atoms with E-state index in [1.54, 1.807) is 0 Å². The lowest BCUT2D eigenvalue weighted by Gasteiger charge is -2.68. The number of anilines is 1. The first kappa shape index (κ1) is 22.1. The van der Waals surface area contributed by atoms with Crippen LogP contribution in [0.15, 0.2) is 30.3 Å². The zero-order valence-electron chi connectivity index (χ0n) is 21.3. The van der Waals surface area contributed by atoms with Gasteiger partial charge in [0.2, 0.25) is 0 Å². The van der Waals surface area contributed by atoms with Gasteiger partial charge in [-0.05, 0) is 116 Å². The minimum atomic E-state index is 0.376. The van der Waals surface area contributed by atoms with Crippen molar-refractivity contribution in [3.05, 3.63) is 30.3 Å². The standard InChI is InChI=1S/C29H45N5/c1-32-18-8-12-21-22-13-9-19-33(2)26(22)29(25(21)32)23-14-6-16-30-27(23)34(20-10-4-3-5-11-20)28-24(29)15-7-17-31-28/h3-5,10-11,21-28,30-31H,6-9,12-19H2,1-2H3. The van der Waals surface area contributed by atoms with Crippen molar-refractivity contribution >= 4 is 5.69 Å². The van der Waals surface area contributed by atoms with Crippen LogP contribution in [0.4, 0.5) is 5.69 Å². The maximum absolute atomic E-state index is 4.12. The molecule has 5 saturated heterocycles. The Morgan fingerprint density at radius 2 is 1.24 bits per heavy atom. The number of hydrogen-bond donors (Lipinski definition) is 2. The maximum Gasteiger partial charge on any atom is 0.0846 e. The Morgan fingerprint density at radius 3 is 1.76 bits per heavy atom. The van der Waals surface area contributed by atoms with E-state index in [1.165, 1.54) is 70.1 Å². The van der Waals surface area contributed by atoms with Crippen LogP contribution in [-0.2, 0) is 0 Å². The summed E-state index contributed by atoms with van der Waals surface area (Å²) in [7, 11) is 4.99. The number of nitrogens with zero attached hydrogens (tertiary/aromatic N) is 3. The van der Waals surface area contributed by atoms with Gasteiger partial charge in [0.1, 0.15) is 0 Å². The molecule has 5 heterocycles. The summed E-state index contributed by atoms with van der Waals surface area (Å²) in [5.74, 6) is 3.21. The second-order valence-electron chi connectivity index (χ2n) is 12.5. The molecular formula is C29H45N5. The zero-order valence-corrected chi connectivity index (χ0v) is 21.3. The average Bonchev–Trinajstić information content (AvgIpc) is 3.19. The van der Waals surface area contributed by atoms with Gasteiger partial charge in [-0.2, -0.15) is 0 Å². The van der Waals surface area contributed by atoms with Crippen LogP contribution in [-0.4, -0.2) is 74.5 Å². The molecule has 0 bridgehead atoms. The number of hydrogen-bond acceptors (Lipinski definition) is 5. The van der Waals surface area contributed by atoms with Crippen molar-refractivity contribution in [1.29, 1.82) is 0 Å². The third kappa shape index (κ3) is 2.93. The summed E-state index contributed by atoms with van der Waals surface area (Å²) in [6.07, 6.45) is 12.0. The highest BCUT2D eigenvalue weighted by atomic mass is 15.4. The van der Waals surface area contributed by atoms with Crippen LogP contribution in [0, 0.1) is 29.1 Å². The van der Waals surface area contributed by atoms with E-state index in [9.17, 15) is 0 Å². The number of rotatable bonds is 1. The summed E-state index contributed by atoms with van der Waals surface area (Å²) in [4.78, 5) is 8.55. The van der Waals surface area contributed by atoms with E-state index in [0.717, 1.165) is 37.0 Å². The van der Waals surface area contributed by atoms with Crippen LogP contribution in [0.5, 0.6) is 0 Å². The number of para-hydroxylation sites is 1. The molecule has 0 amide bonds. The fraction of sp³-hybridized carbons (Fsp3) is 0.793. The first-order valence-electron chi connectivity index (χ1n) is 14.4. The number of piperidine rings is 5. The van der Waals surface area contributed by atoms with Crippen molar-refractivity contribution < 1.29 is 0 Å². The van der Waals surface area contributed by atoms with Gasteiger partial charge in [0.25, 0.3) is 0 Å². The van der Waals surface area contributed by atoms with Gasteiger partial charge in [-0.3, -0.25) is 10.6 Å². The molecule has 186 valence electrons. The van der Waals surface area contributed by atoms with E-state index in [2.05, 4.69) is 69.8 Å². The largest absolute Gasteiger partial charge is 0.340 e. The molecule has 1 spiro atoms. The predicted octanol–water partition coefficient (Wildman–Crippen LogP) is 3.58. The van der Waals surface area contributed by atoms with Crippen LogP contribution in [0.2, 0.25) is 0 Å². The Morgan fingerprint density at radius 1 is 0.706 bits per heavy atom. The molecule has 5 nitrogen and oxygen atoms in total. The number of nitrogens with one attached hydrogen (secondary N) is 2. The maximum atomic E-state index is 4.12. The molecule has 8 atom stereocenters. The quantitative estimate of drug-likeness (QED) is 0.665. The summed E-state index contributed by atoms with van der Waals surface area (Å²) in [6, 6.07) is 12.9. The summed E-state index contributed by atoms with van der Waals surface area (Å²) in [6.45, 7) is 4.91. The molecule has 6 fully saturated rings. The van der Waals surface area contributed by atoms with Gasteiger partial charge in [-0.15, -0.1) is 0 Å². The van der Waals surface area contributed by atoms with Crippen molar-refractivity contribution in [2.45, 2.75) is 75.8 Å². The molecule has 1 aromatic rings. The van der Waals surface area contributed by atoms with E-state index in [1.807, 2.05) is 0 Å². The molecule has 1 aromatic carbocycles. The highest BCUT2D eigenvalue weighted by Gasteiger charge is 2.73. The van der Waals surface area contributed by atoms with Crippen LogP contribution in [0.3, 0.4) is 0 Å². The third-order valence-corrected chi connectivity index (χ3v) is 11.2. The van der Waals surface area contributed by atoms with Gasteiger partial charge in [0, 0.05) is 35.0 Å². The fourth-order valence-electron chi connectivity index (χ4n) is 10.6. The summed E-state index contributed by atoms with van der Waals surface area (Å²) >= 11 is 0. The molecule has 5 heteroatoms. The van der Waals surface area contributed by atoms with Crippen LogP contribution >= 0.6 is 0 Å². The smallest absolute Gasteiger partial charge is 0.0846 e. The molecule has 34 heavy (non-hydrogen) atoms. The van der Waals surface area contributed by atoms with Gasteiger partial charge >= 0.3 is 0 Å². The predicted molar refractivity (Wildman–Crippen MR) is 139 cm³/mol. The van der Waals surface area contributed by atoms with Gasteiger partial charge in [0.05, 0.1) is 12.3 Å². The van der Waals surface area contributed by atoms with Crippen molar-refractivity contribution in [3.8, 4) is 0 Å². The van der Waals surface area contributed by atoms with Crippen LogP contribution < -0.4 is 15.5 Å². The first-order valence-corrected chi connectivity index (χ1v) is 14.4. The zero-order chi connectivity index (χ0) is 22.9. The lowest BCUT2D eigenvalue weighted by atomic mass is 9.51. The Balaban J connectivity index is 1.43. The Kier molecular flexibility index (Phi) is 5.50. The average molecular weight is 464 g/mol. The molecule has 8 unspecified atom stereocenters. The van der Waals surface area contributed by atoms with Crippen molar-refractivity contribution in [2.24, 2.45) is 29.1 Å². The Bertz CT molecular complexity index is 823. The van der Waals surface area contributed by atoms with Gasteiger partial charge in [0.15, 0.2) is 0 Å². The molecule has 1 aliphatic carbocycles. The first-order chi connectivity index (χ1) is 16.7. The van der Waals surface area contributed by atoms with Gasteiger partial charge in [-0.1, -0.05) is 18.2 Å². The van der Waals surface area contributed by atoms with Crippen LogP contribution in [0.1, 0.15) is 51.4 Å². The van der Waals surface area contributed by atoms with Gasteiger partial charge in [-0.25, -0.2) is 0 Å². The highest BCUT2D eigenvalue weighted by Crippen LogP contribution is 2.67. The molecular weight excluding hydrogens is 418 g/mol. The number of benzene rings is 1. The van der Waals surface area contributed by atoms with E-state index in [4.69, 9.17) is 0 Å². The third-order valence-electron chi connectivity index (χ3n) is 11.2. The number of fused-ring (bicyclic) bond motifs is 9. The number of likely N-dealkylation sites (tertiary alicyclic amines) is 2. The van der Waals surface area contributed by atoms with Gasteiger partial charge < -0.3 is 14.7 Å². The lowest BCUT2D eigenvalue weighted by molar-refractivity contribution is -0.135. The SMILES string of the molecule is CN1CCCC2C3CCCN(C)C3C3(C4CCCNC4N(c4ccccc4)C4NCCCC43)C21. The van der Waals surface area contributed by atoms with E-state index in [0.29, 0.717) is 29.6 Å². The minimum Gasteiger partial charge on any atom is -0.340 e. The molecule has 1 saturated carbocycles. The van der Waals surface area contributed by atoms with E-state index in [-0.39, 0.29) is 0 Å². The molecule has 0 aromatic heterocycles. The topological polar surface area (TPSA) is 33.8 Å². The normalized spacial score (nSPS) is 47.1. The van der Waals surface area contributed by atoms with E-state index >= 15 is 0 Å². The molecule has 2 N–H and O–H groups in total.